The van der Waals surface area contributed by atoms with Crippen molar-refractivity contribution in [3.05, 3.63) is 11.1 Å². The second kappa shape index (κ2) is 5.19. The van der Waals surface area contributed by atoms with Gasteiger partial charge in [-0.2, -0.15) is 0 Å². The molecule has 0 radical (unpaired) electrons. The molecule has 17 heavy (non-hydrogen) atoms. The molecule has 0 aromatic heterocycles. The van der Waals surface area contributed by atoms with Crippen LogP contribution in [0.3, 0.4) is 0 Å². The van der Waals surface area contributed by atoms with Gasteiger partial charge in [-0.15, -0.1) is 0 Å². The maximum atomic E-state index is 12.3. The second-order valence-electron chi connectivity index (χ2n) is 5.17. The van der Waals surface area contributed by atoms with Crippen molar-refractivity contribution in [3.8, 4) is 0 Å². The first kappa shape index (κ1) is 12.6. The van der Waals surface area contributed by atoms with Crippen LogP contribution in [-0.2, 0) is 4.79 Å². The van der Waals surface area contributed by atoms with Crippen LogP contribution < -0.4 is 5.32 Å². The van der Waals surface area contributed by atoms with Crippen molar-refractivity contribution in [2.45, 2.75) is 44.8 Å². The monoisotopic (exact) mass is 238 g/mol. The Kier molecular flexibility index (Phi) is 3.84. The number of hydrogen-bond donors (Lipinski definition) is 2. The molecular weight excluding hydrogens is 216 g/mol. The van der Waals surface area contributed by atoms with Crippen LogP contribution in [0, 0.1) is 0 Å². The van der Waals surface area contributed by atoms with Gasteiger partial charge in [0.15, 0.2) is 0 Å². The van der Waals surface area contributed by atoms with Crippen LogP contribution in [0.5, 0.6) is 0 Å². The molecule has 4 heteroatoms. The van der Waals surface area contributed by atoms with Crippen LogP contribution in [0.2, 0.25) is 0 Å². The van der Waals surface area contributed by atoms with Gasteiger partial charge in [0.1, 0.15) is 0 Å². The number of carbonyl (C=O) groups is 1. The lowest BCUT2D eigenvalue weighted by molar-refractivity contribution is -0.131. The molecule has 2 aliphatic rings. The summed E-state index contributed by atoms with van der Waals surface area (Å²) in [6, 6.07) is -0.000152. The average Bonchev–Trinajstić information content (AvgIpc) is 2.25. The van der Waals surface area contributed by atoms with Gasteiger partial charge in [-0.05, 0) is 25.3 Å². The Hall–Kier alpha value is -0.870. The molecule has 0 bridgehead atoms. The summed E-state index contributed by atoms with van der Waals surface area (Å²) in [5.41, 5.74) is 2.05. The third-order valence-corrected chi connectivity index (χ3v) is 4.04. The van der Waals surface area contributed by atoms with Gasteiger partial charge in [-0.25, -0.2) is 0 Å². The summed E-state index contributed by atoms with van der Waals surface area (Å²) in [7, 11) is 1.82. The topological polar surface area (TPSA) is 52.6 Å². The van der Waals surface area contributed by atoms with E-state index >= 15 is 0 Å². The molecule has 2 unspecified atom stereocenters. The van der Waals surface area contributed by atoms with E-state index in [4.69, 9.17) is 0 Å². The van der Waals surface area contributed by atoms with E-state index in [1.54, 1.807) is 4.90 Å². The minimum Gasteiger partial charge on any atom is -0.391 e. The fourth-order valence-electron chi connectivity index (χ4n) is 2.63. The van der Waals surface area contributed by atoms with Gasteiger partial charge in [-0.1, -0.05) is 12.8 Å². The van der Waals surface area contributed by atoms with Crippen molar-refractivity contribution in [1.82, 2.24) is 10.2 Å². The predicted molar refractivity (Wildman–Crippen MR) is 66.6 cm³/mol. The number of amides is 1. The molecule has 0 aromatic rings. The molecule has 1 amide bonds. The van der Waals surface area contributed by atoms with Crippen molar-refractivity contribution in [1.29, 1.82) is 0 Å². The summed E-state index contributed by atoms with van der Waals surface area (Å²) in [6.07, 6.45) is 3.57. The van der Waals surface area contributed by atoms with Gasteiger partial charge in [0.25, 0.3) is 0 Å². The summed E-state index contributed by atoms with van der Waals surface area (Å²) in [6.45, 7) is 3.56. The Morgan fingerprint density at radius 1 is 1.35 bits per heavy atom. The van der Waals surface area contributed by atoms with Crippen LogP contribution in [0.4, 0.5) is 0 Å². The highest BCUT2D eigenvalue weighted by atomic mass is 16.3. The molecule has 4 nitrogen and oxygen atoms in total. The smallest absolute Gasteiger partial charge is 0.249 e. The number of nitrogens with one attached hydrogen (secondary N) is 1. The van der Waals surface area contributed by atoms with E-state index in [9.17, 15) is 9.90 Å². The predicted octanol–water partition coefficient (Wildman–Crippen LogP) is 0.668. The van der Waals surface area contributed by atoms with E-state index in [0.717, 1.165) is 44.3 Å². The third kappa shape index (κ3) is 2.53. The maximum absolute atomic E-state index is 12.3. The van der Waals surface area contributed by atoms with Gasteiger partial charge in [0.2, 0.25) is 5.91 Å². The van der Waals surface area contributed by atoms with Crippen molar-refractivity contribution in [3.63, 3.8) is 0 Å². The van der Waals surface area contributed by atoms with Gasteiger partial charge in [-0.3, -0.25) is 4.79 Å². The summed E-state index contributed by atoms with van der Waals surface area (Å²) >= 11 is 0. The fourth-order valence-corrected chi connectivity index (χ4v) is 2.63. The van der Waals surface area contributed by atoms with Crippen LogP contribution in [0.25, 0.3) is 0 Å². The molecule has 1 saturated carbocycles. The van der Waals surface area contributed by atoms with E-state index in [2.05, 4.69) is 5.32 Å². The van der Waals surface area contributed by atoms with E-state index in [-0.39, 0.29) is 18.1 Å². The number of likely N-dealkylation sites (N-methyl/N-ethyl adjacent to an activating group) is 1. The van der Waals surface area contributed by atoms with Gasteiger partial charge >= 0.3 is 0 Å². The van der Waals surface area contributed by atoms with Crippen LogP contribution in [-0.4, -0.2) is 48.2 Å². The van der Waals surface area contributed by atoms with E-state index in [1.807, 2.05) is 14.0 Å². The first-order valence-corrected chi connectivity index (χ1v) is 6.46. The molecule has 1 saturated heterocycles. The molecule has 0 aromatic carbocycles. The SMILES string of the molecule is CC(C(=O)N(C)C1CCCCC1O)=C1CNC1. The minimum atomic E-state index is -0.352. The number of carbonyl (C=O) groups excluding carboxylic acids is 1. The highest BCUT2D eigenvalue weighted by molar-refractivity contribution is 5.94. The zero-order valence-electron chi connectivity index (χ0n) is 10.7. The molecule has 1 aliphatic heterocycles. The largest absolute Gasteiger partial charge is 0.391 e. The molecule has 96 valence electrons. The Morgan fingerprint density at radius 2 is 2.00 bits per heavy atom. The van der Waals surface area contributed by atoms with Crippen LogP contribution in [0.15, 0.2) is 11.1 Å². The lowest BCUT2D eigenvalue weighted by Crippen LogP contribution is -2.47. The van der Waals surface area contributed by atoms with Crippen LogP contribution >= 0.6 is 0 Å². The minimum absolute atomic E-state index is 0.000152. The number of rotatable bonds is 2. The highest BCUT2D eigenvalue weighted by Gasteiger charge is 2.30. The second-order valence-corrected chi connectivity index (χ2v) is 5.17. The lowest BCUT2D eigenvalue weighted by Gasteiger charge is -2.36. The fraction of sp³-hybridized carbons (Fsp3) is 0.769. The molecule has 1 heterocycles. The highest BCUT2D eigenvalue weighted by Crippen LogP contribution is 2.24. The molecular formula is C13H22N2O2. The Morgan fingerprint density at radius 3 is 2.53 bits per heavy atom. The Labute approximate surface area is 103 Å². The van der Waals surface area contributed by atoms with E-state index < -0.39 is 0 Å². The van der Waals surface area contributed by atoms with Crippen molar-refractivity contribution in [2.24, 2.45) is 0 Å². The average molecular weight is 238 g/mol. The normalized spacial score (nSPS) is 28.5. The van der Waals surface area contributed by atoms with Crippen LogP contribution in [0.1, 0.15) is 32.6 Å². The first-order valence-electron chi connectivity index (χ1n) is 6.46. The molecule has 1 aliphatic carbocycles. The van der Waals surface area contributed by atoms with E-state index in [0.29, 0.717) is 0 Å². The van der Waals surface area contributed by atoms with Gasteiger partial charge < -0.3 is 15.3 Å². The van der Waals surface area contributed by atoms with Crippen molar-refractivity contribution in [2.75, 3.05) is 20.1 Å². The van der Waals surface area contributed by atoms with Gasteiger partial charge in [0.05, 0.1) is 12.1 Å². The number of nitrogens with zero attached hydrogens (tertiary/aromatic N) is 1. The van der Waals surface area contributed by atoms with Crippen molar-refractivity contribution < 1.29 is 9.90 Å². The lowest BCUT2D eigenvalue weighted by atomic mass is 9.91. The summed E-state index contributed by atoms with van der Waals surface area (Å²) < 4.78 is 0. The van der Waals surface area contributed by atoms with Crippen molar-refractivity contribution >= 4 is 5.91 Å². The molecule has 2 fully saturated rings. The Bertz CT molecular complexity index is 332. The summed E-state index contributed by atoms with van der Waals surface area (Å²) in [5, 5.41) is 13.1. The zero-order valence-corrected chi connectivity index (χ0v) is 10.7. The number of aliphatic hydroxyl groups excluding tert-OH is 1. The third-order valence-electron chi connectivity index (χ3n) is 4.04. The first-order chi connectivity index (χ1) is 8.11. The van der Waals surface area contributed by atoms with Gasteiger partial charge in [0, 0.05) is 25.7 Å². The molecule has 2 rings (SSSR count). The Balaban J connectivity index is 2.03. The molecule has 2 N–H and O–H groups in total. The standard InChI is InChI=1S/C13H22N2O2/c1-9(10-7-14-8-10)13(17)15(2)11-5-3-4-6-12(11)16/h11-12,14,16H,3-8H2,1-2H3. The molecule has 2 atom stereocenters. The summed E-state index contributed by atoms with van der Waals surface area (Å²) in [4.78, 5) is 14.0. The van der Waals surface area contributed by atoms with E-state index in [1.165, 1.54) is 5.57 Å². The molecule has 0 spiro atoms. The number of hydrogen-bond acceptors (Lipinski definition) is 3. The zero-order chi connectivity index (χ0) is 12.4. The maximum Gasteiger partial charge on any atom is 0.249 e. The summed E-state index contributed by atoms with van der Waals surface area (Å²) in [5.74, 6) is 0.0763. The number of aliphatic hydroxyl groups is 1. The quantitative estimate of drug-likeness (QED) is 0.695.